The molecule has 0 aromatic carbocycles. The molecule has 7 heteroatoms. The van der Waals surface area contributed by atoms with Crippen LogP contribution in [0.3, 0.4) is 0 Å². The number of nitrogens with one attached hydrogen (secondary N) is 1. The molecular formula is C10H7BrF2N2O2. The van der Waals surface area contributed by atoms with Crippen molar-refractivity contribution in [3.05, 3.63) is 32.7 Å². The first-order valence-corrected chi connectivity index (χ1v) is 5.76. The van der Waals surface area contributed by atoms with E-state index >= 15 is 0 Å². The van der Waals surface area contributed by atoms with Gasteiger partial charge in [0.1, 0.15) is 11.4 Å². The van der Waals surface area contributed by atoms with Crippen molar-refractivity contribution in [1.29, 1.82) is 0 Å². The Bertz CT molecular complexity index is 588. The number of alkyl halides is 2. The molecule has 1 N–H and O–H groups in total. The summed E-state index contributed by atoms with van der Waals surface area (Å²) >= 11 is 3.04. The lowest BCUT2D eigenvalue weighted by Crippen LogP contribution is -2.61. The molecule has 1 amide bonds. The highest BCUT2D eigenvalue weighted by molar-refractivity contribution is 9.10. The molecular weight excluding hydrogens is 298 g/mol. The molecule has 2 heterocycles. The average Bonchev–Trinajstić information content (AvgIpc) is 2.44. The first kappa shape index (κ1) is 10.9. The number of amides is 1. The van der Waals surface area contributed by atoms with Crippen molar-refractivity contribution in [2.75, 3.05) is 0 Å². The number of nitrogens with zero attached hydrogens (tertiary/aromatic N) is 1. The van der Waals surface area contributed by atoms with E-state index < -0.39 is 35.9 Å². The van der Waals surface area contributed by atoms with E-state index in [-0.39, 0.29) is 10.2 Å². The Morgan fingerprint density at radius 3 is 2.53 bits per heavy atom. The highest BCUT2D eigenvalue weighted by atomic mass is 79.9. The molecule has 0 atom stereocenters. The van der Waals surface area contributed by atoms with E-state index in [1.807, 2.05) is 0 Å². The number of halogens is 3. The van der Waals surface area contributed by atoms with Crippen molar-refractivity contribution in [1.82, 2.24) is 9.88 Å². The number of pyridine rings is 1. The molecule has 0 bridgehead atoms. The van der Waals surface area contributed by atoms with Gasteiger partial charge < -0.3 is 5.32 Å². The standard InChI is InChI=1S/C10H7BrF2N2O2/c11-5-1-2-6-7(16)14-10(15(6)8(5)17)3-9(12,13)4-10/h1-2H,3-4H2,(H,14,16). The number of carbonyl (C=O) groups is 1. The van der Waals surface area contributed by atoms with Gasteiger partial charge in [-0.05, 0) is 28.1 Å². The van der Waals surface area contributed by atoms with Gasteiger partial charge in [0.15, 0.2) is 0 Å². The molecule has 90 valence electrons. The topological polar surface area (TPSA) is 51.1 Å². The lowest BCUT2D eigenvalue weighted by Gasteiger charge is -2.45. The smallest absolute Gasteiger partial charge is 0.269 e. The predicted octanol–water partition coefficient (Wildman–Crippen LogP) is 1.44. The Kier molecular flexibility index (Phi) is 1.89. The number of rotatable bonds is 0. The van der Waals surface area contributed by atoms with Crippen LogP contribution in [0.25, 0.3) is 0 Å². The van der Waals surface area contributed by atoms with Gasteiger partial charge in [0, 0.05) is 0 Å². The molecule has 1 aliphatic heterocycles. The van der Waals surface area contributed by atoms with Crippen molar-refractivity contribution in [3.63, 3.8) is 0 Å². The molecule has 2 aliphatic rings. The summed E-state index contributed by atoms with van der Waals surface area (Å²) in [4.78, 5) is 23.5. The summed E-state index contributed by atoms with van der Waals surface area (Å²) in [5, 5.41) is 2.48. The number of hydrogen-bond acceptors (Lipinski definition) is 2. The summed E-state index contributed by atoms with van der Waals surface area (Å²) in [6.07, 6.45) is -1.07. The second-order valence-corrected chi connectivity index (χ2v) is 5.26. The van der Waals surface area contributed by atoms with Gasteiger partial charge in [0.2, 0.25) is 0 Å². The Labute approximate surface area is 103 Å². The monoisotopic (exact) mass is 304 g/mol. The minimum absolute atomic E-state index is 0.133. The van der Waals surface area contributed by atoms with E-state index in [1.165, 1.54) is 12.1 Å². The van der Waals surface area contributed by atoms with Crippen LogP contribution in [-0.4, -0.2) is 16.4 Å². The molecule has 0 saturated heterocycles. The minimum atomic E-state index is -2.82. The Balaban J connectivity index is 2.20. The van der Waals surface area contributed by atoms with Gasteiger partial charge in [-0.3, -0.25) is 14.2 Å². The van der Waals surface area contributed by atoms with Crippen LogP contribution < -0.4 is 10.9 Å². The quantitative estimate of drug-likeness (QED) is 0.788. The highest BCUT2D eigenvalue weighted by Gasteiger charge is 2.62. The van der Waals surface area contributed by atoms with Crippen LogP contribution in [0.15, 0.2) is 21.4 Å². The van der Waals surface area contributed by atoms with Gasteiger partial charge in [-0.1, -0.05) is 0 Å². The number of fused-ring (bicyclic) bond motifs is 2. The third-order valence-electron chi connectivity index (χ3n) is 3.14. The van der Waals surface area contributed by atoms with E-state index in [0.29, 0.717) is 0 Å². The zero-order valence-electron chi connectivity index (χ0n) is 8.47. The fourth-order valence-electron chi connectivity index (χ4n) is 2.50. The lowest BCUT2D eigenvalue weighted by molar-refractivity contribution is -0.157. The van der Waals surface area contributed by atoms with E-state index in [2.05, 4.69) is 21.2 Å². The Morgan fingerprint density at radius 2 is 1.94 bits per heavy atom. The second kappa shape index (κ2) is 2.95. The van der Waals surface area contributed by atoms with Crippen molar-refractivity contribution in [2.45, 2.75) is 24.4 Å². The molecule has 0 radical (unpaired) electrons. The zero-order chi connectivity index (χ0) is 12.4. The zero-order valence-corrected chi connectivity index (χ0v) is 10.1. The van der Waals surface area contributed by atoms with E-state index in [1.54, 1.807) is 0 Å². The summed E-state index contributed by atoms with van der Waals surface area (Å²) in [5.74, 6) is -3.30. The normalized spacial score (nSPS) is 23.1. The van der Waals surface area contributed by atoms with Gasteiger partial charge in [-0.15, -0.1) is 0 Å². The van der Waals surface area contributed by atoms with Gasteiger partial charge in [-0.25, -0.2) is 8.78 Å². The maximum Gasteiger partial charge on any atom is 0.269 e. The highest BCUT2D eigenvalue weighted by Crippen LogP contribution is 2.50. The van der Waals surface area contributed by atoms with Crippen LogP contribution in [0, 0.1) is 0 Å². The number of carbonyl (C=O) groups excluding carboxylic acids is 1. The van der Waals surface area contributed by atoms with Crippen LogP contribution >= 0.6 is 15.9 Å². The maximum atomic E-state index is 13.0. The van der Waals surface area contributed by atoms with Crippen molar-refractivity contribution >= 4 is 21.8 Å². The first-order valence-electron chi connectivity index (χ1n) is 4.97. The second-order valence-electron chi connectivity index (χ2n) is 4.40. The summed E-state index contributed by atoms with van der Waals surface area (Å²) in [6, 6.07) is 2.90. The van der Waals surface area contributed by atoms with Crippen LogP contribution in [0.5, 0.6) is 0 Å². The van der Waals surface area contributed by atoms with E-state index in [4.69, 9.17) is 0 Å². The summed E-state index contributed by atoms with van der Waals surface area (Å²) in [5.41, 5.74) is -1.57. The summed E-state index contributed by atoms with van der Waals surface area (Å²) < 4.78 is 27.4. The average molecular weight is 305 g/mol. The number of aromatic nitrogens is 1. The van der Waals surface area contributed by atoms with Crippen molar-refractivity contribution < 1.29 is 13.6 Å². The number of hydrogen-bond donors (Lipinski definition) is 1. The van der Waals surface area contributed by atoms with Gasteiger partial charge in [-0.2, -0.15) is 0 Å². The fourth-order valence-corrected chi connectivity index (χ4v) is 2.81. The van der Waals surface area contributed by atoms with Gasteiger partial charge in [0.25, 0.3) is 17.4 Å². The lowest BCUT2D eigenvalue weighted by atomic mass is 9.81. The molecule has 1 aliphatic carbocycles. The molecule has 4 nitrogen and oxygen atoms in total. The van der Waals surface area contributed by atoms with Crippen LogP contribution in [0.4, 0.5) is 8.78 Å². The molecule has 1 fully saturated rings. The maximum absolute atomic E-state index is 13.0. The van der Waals surface area contributed by atoms with Crippen molar-refractivity contribution in [2.24, 2.45) is 0 Å². The van der Waals surface area contributed by atoms with E-state index in [9.17, 15) is 18.4 Å². The molecule has 1 spiro atoms. The molecule has 0 unspecified atom stereocenters. The third-order valence-corrected chi connectivity index (χ3v) is 3.75. The molecule has 17 heavy (non-hydrogen) atoms. The summed E-state index contributed by atoms with van der Waals surface area (Å²) in [7, 11) is 0. The molecule has 1 saturated carbocycles. The van der Waals surface area contributed by atoms with Crippen LogP contribution in [-0.2, 0) is 5.66 Å². The van der Waals surface area contributed by atoms with Gasteiger partial charge >= 0.3 is 0 Å². The fraction of sp³-hybridized carbons (Fsp3) is 0.400. The largest absolute Gasteiger partial charge is 0.327 e. The Hall–Kier alpha value is -1.24. The van der Waals surface area contributed by atoms with Crippen LogP contribution in [0.2, 0.25) is 0 Å². The SMILES string of the molecule is O=C1NC2(CC(F)(F)C2)n2c1ccc(Br)c2=O. The Morgan fingerprint density at radius 1 is 1.29 bits per heavy atom. The molecule has 1 aromatic heterocycles. The van der Waals surface area contributed by atoms with Gasteiger partial charge in [0.05, 0.1) is 17.3 Å². The van der Waals surface area contributed by atoms with Crippen LogP contribution in [0.1, 0.15) is 23.3 Å². The first-order chi connectivity index (χ1) is 7.85. The predicted molar refractivity (Wildman–Crippen MR) is 58.0 cm³/mol. The molecule has 1 aromatic rings. The minimum Gasteiger partial charge on any atom is -0.327 e. The van der Waals surface area contributed by atoms with E-state index in [0.717, 1.165) is 4.57 Å². The van der Waals surface area contributed by atoms with Crippen molar-refractivity contribution in [3.8, 4) is 0 Å². The summed E-state index contributed by atoms with van der Waals surface area (Å²) in [6.45, 7) is 0. The molecule has 3 rings (SSSR count). The third kappa shape index (κ3) is 1.31.